The molecule has 2 aromatic rings. The minimum absolute atomic E-state index is 0.0625. The maximum Gasteiger partial charge on any atom is 0.338 e. The van der Waals surface area contributed by atoms with Crippen molar-refractivity contribution in [3.05, 3.63) is 65.0 Å². The van der Waals surface area contributed by atoms with Gasteiger partial charge in [-0.25, -0.2) is 9.18 Å². The Morgan fingerprint density at radius 3 is 2.29 bits per heavy atom. The number of nitrogens with zero attached hydrogens (tertiary/aromatic N) is 2. The maximum atomic E-state index is 13.2. The highest BCUT2D eigenvalue weighted by molar-refractivity contribution is 5.94. The number of rotatable bonds is 6. The Bertz CT molecular complexity index is 951. The van der Waals surface area contributed by atoms with Gasteiger partial charge in [0.2, 0.25) is 5.91 Å². The second kappa shape index (κ2) is 10.2. The summed E-state index contributed by atoms with van der Waals surface area (Å²) in [5.41, 5.74) is 2.92. The van der Waals surface area contributed by atoms with Crippen molar-refractivity contribution in [1.29, 1.82) is 0 Å². The van der Waals surface area contributed by atoms with Crippen LogP contribution in [0, 0.1) is 19.7 Å². The van der Waals surface area contributed by atoms with Crippen LogP contribution in [0.25, 0.3) is 0 Å². The first-order valence-electron chi connectivity index (χ1n) is 10.1. The molecule has 3 rings (SSSR count). The number of aryl methyl sites for hydroxylation is 2. The van der Waals surface area contributed by atoms with Crippen LogP contribution in [0.15, 0.2) is 42.5 Å². The smallest absolute Gasteiger partial charge is 0.338 e. The number of piperazine rings is 1. The molecule has 1 N–H and O–H groups in total. The van der Waals surface area contributed by atoms with Crippen LogP contribution < -0.4 is 5.32 Å². The predicted octanol–water partition coefficient (Wildman–Crippen LogP) is 2.38. The van der Waals surface area contributed by atoms with Crippen LogP contribution in [-0.2, 0) is 14.3 Å². The molecule has 7 nitrogen and oxygen atoms in total. The zero-order valence-electron chi connectivity index (χ0n) is 17.7. The van der Waals surface area contributed by atoms with Crippen LogP contribution in [0.3, 0.4) is 0 Å². The summed E-state index contributed by atoms with van der Waals surface area (Å²) in [7, 11) is 0. The minimum Gasteiger partial charge on any atom is -0.452 e. The third kappa shape index (κ3) is 6.11. The van der Waals surface area contributed by atoms with Gasteiger partial charge in [0.15, 0.2) is 6.61 Å². The minimum atomic E-state index is -0.741. The lowest BCUT2D eigenvalue weighted by Crippen LogP contribution is -2.51. The van der Waals surface area contributed by atoms with Gasteiger partial charge >= 0.3 is 5.97 Å². The number of esters is 1. The van der Waals surface area contributed by atoms with Gasteiger partial charge in [-0.1, -0.05) is 24.3 Å². The lowest BCUT2D eigenvalue weighted by Gasteiger charge is -2.34. The number of carbonyl (C=O) groups excluding carboxylic acids is 3. The van der Waals surface area contributed by atoms with E-state index in [9.17, 15) is 18.8 Å². The molecule has 0 spiro atoms. The van der Waals surface area contributed by atoms with E-state index in [1.165, 1.54) is 18.2 Å². The normalized spacial score (nSPS) is 14.2. The summed E-state index contributed by atoms with van der Waals surface area (Å²) in [6.45, 7) is 5.71. The molecule has 0 radical (unpaired) electrons. The number of para-hydroxylation sites is 1. The Kier molecular flexibility index (Phi) is 7.36. The third-order valence-electron chi connectivity index (χ3n) is 5.22. The zero-order valence-corrected chi connectivity index (χ0v) is 17.7. The van der Waals surface area contributed by atoms with Crippen molar-refractivity contribution in [3.63, 3.8) is 0 Å². The third-order valence-corrected chi connectivity index (χ3v) is 5.22. The zero-order chi connectivity index (χ0) is 22.4. The van der Waals surface area contributed by atoms with Gasteiger partial charge in [0.25, 0.3) is 5.91 Å². The van der Waals surface area contributed by atoms with E-state index in [0.29, 0.717) is 26.2 Å². The lowest BCUT2D eigenvalue weighted by molar-refractivity contribution is -0.136. The predicted molar refractivity (Wildman–Crippen MR) is 114 cm³/mol. The van der Waals surface area contributed by atoms with Crippen LogP contribution in [0.5, 0.6) is 0 Å². The lowest BCUT2D eigenvalue weighted by atomic mass is 10.1. The topological polar surface area (TPSA) is 79.0 Å². The van der Waals surface area contributed by atoms with Gasteiger partial charge in [0, 0.05) is 31.9 Å². The van der Waals surface area contributed by atoms with Gasteiger partial charge in [-0.15, -0.1) is 0 Å². The number of halogens is 1. The molecule has 1 aliphatic heterocycles. The number of ether oxygens (including phenoxy) is 1. The molecule has 164 valence electrons. The van der Waals surface area contributed by atoms with Crippen LogP contribution in [0.4, 0.5) is 10.1 Å². The van der Waals surface area contributed by atoms with Crippen LogP contribution >= 0.6 is 0 Å². The molecule has 0 aliphatic carbocycles. The van der Waals surface area contributed by atoms with Gasteiger partial charge in [0.1, 0.15) is 5.82 Å². The van der Waals surface area contributed by atoms with Crippen LogP contribution in [0.2, 0.25) is 0 Å². The van der Waals surface area contributed by atoms with Crippen LogP contribution in [0.1, 0.15) is 21.5 Å². The molecule has 0 saturated carbocycles. The fourth-order valence-corrected chi connectivity index (χ4v) is 3.47. The first-order chi connectivity index (χ1) is 14.8. The number of amides is 2. The van der Waals surface area contributed by atoms with Gasteiger partial charge < -0.3 is 15.0 Å². The Balaban J connectivity index is 1.42. The molecular formula is C23H26FN3O4. The van der Waals surface area contributed by atoms with Crippen LogP contribution in [-0.4, -0.2) is 66.9 Å². The van der Waals surface area contributed by atoms with E-state index in [1.54, 1.807) is 4.90 Å². The summed E-state index contributed by atoms with van der Waals surface area (Å²) < 4.78 is 18.2. The van der Waals surface area contributed by atoms with Gasteiger partial charge in [-0.05, 0) is 43.2 Å². The number of hydrogen-bond acceptors (Lipinski definition) is 5. The summed E-state index contributed by atoms with van der Waals surface area (Å²) in [4.78, 5) is 40.3. The number of nitrogens with one attached hydrogen (secondary N) is 1. The van der Waals surface area contributed by atoms with Crippen molar-refractivity contribution in [1.82, 2.24) is 9.80 Å². The molecule has 1 saturated heterocycles. The molecule has 8 heteroatoms. The summed E-state index contributed by atoms with van der Waals surface area (Å²) in [5, 5.41) is 2.97. The first-order valence-corrected chi connectivity index (χ1v) is 10.1. The maximum absolute atomic E-state index is 13.2. The van der Waals surface area contributed by atoms with E-state index in [-0.39, 0.29) is 23.9 Å². The number of carbonyl (C=O) groups is 3. The average Bonchev–Trinajstić information content (AvgIpc) is 2.75. The largest absolute Gasteiger partial charge is 0.452 e. The summed E-state index contributed by atoms with van der Waals surface area (Å²) >= 11 is 0. The summed E-state index contributed by atoms with van der Waals surface area (Å²) in [6.07, 6.45) is 0. The quantitative estimate of drug-likeness (QED) is 0.717. The van der Waals surface area contributed by atoms with Crippen molar-refractivity contribution in [2.24, 2.45) is 0 Å². The standard InChI is InChI=1S/C23H26FN3O4/c1-16-5-3-6-17(2)22(16)25-20(28)14-26-9-11-27(12-10-26)21(29)15-31-23(30)18-7-4-8-19(24)13-18/h3-8,13H,9-12,14-15H2,1-2H3,(H,25,28). The average molecular weight is 427 g/mol. The molecule has 0 bridgehead atoms. The van der Waals surface area contributed by atoms with E-state index in [1.807, 2.05) is 36.9 Å². The molecule has 1 heterocycles. The molecule has 2 amide bonds. The second-order valence-corrected chi connectivity index (χ2v) is 7.56. The molecule has 2 aromatic carbocycles. The van der Waals surface area contributed by atoms with Crippen molar-refractivity contribution in [2.45, 2.75) is 13.8 Å². The van der Waals surface area contributed by atoms with Gasteiger partial charge in [-0.3, -0.25) is 14.5 Å². The Morgan fingerprint density at radius 2 is 1.65 bits per heavy atom. The van der Waals surface area contributed by atoms with Crippen molar-refractivity contribution in [2.75, 3.05) is 44.6 Å². The van der Waals surface area contributed by atoms with Gasteiger partial charge in [-0.2, -0.15) is 0 Å². The van der Waals surface area contributed by atoms with Gasteiger partial charge in [0.05, 0.1) is 12.1 Å². The highest BCUT2D eigenvalue weighted by atomic mass is 19.1. The Labute approximate surface area is 180 Å². The first kappa shape index (κ1) is 22.4. The van der Waals surface area contributed by atoms with E-state index in [2.05, 4.69) is 5.32 Å². The van der Waals surface area contributed by atoms with E-state index in [0.717, 1.165) is 22.9 Å². The Morgan fingerprint density at radius 1 is 1.00 bits per heavy atom. The number of hydrogen-bond donors (Lipinski definition) is 1. The Hall–Kier alpha value is -3.26. The molecule has 0 aromatic heterocycles. The van der Waals surface area contributed by atoms with E-state index >= 15 is 0 Å². The molecule has 0 atom stereocenters. The molecule has 0 unspecified atom stereocenters. The molecule has 1 fully saturated rings. The number of anilines is 1. The monoisotopic (exact) mass is 427 g/mol. The van der Waals surface area contributed by atoms with E-state index < -0.39 is 18.4 Å². The highest BCUT2D eigenvalue weighted by Gasteiger charge is 2.23. The number of benzene rings is 2. The van der Waals surface area contributed by atoms with Crippen molar-refractivity contribution >= 4 is 23.5 Å². The summed E-state index contributed by atoms with van der Waals surface area (Å²) in [6, 6.07) is 11.0. The fraction of sp³-hybridized carbons (Fsp3) is 0.348. The molecule has 31 heavy (non-hydrogen) atoms. The van der Waals surface area contributed by atoms with Crippen molar-refractivity contribution < 1.29 is 23.5 Å². The fourth-order valence-electron chi connectivity index (χ4n) is 3.47. The second-order valence-electron chi connectivity index (χ2n) is 7.56. The van der Waals surface area contributed by atoms with Crippen molar-refractivity contribution in [3.8, 4) is 0 Å². The molecular weight excluding hydrogens is 401 g/mol. The highest BCUT2D eigenvalue weighted by Crippen LogP contribution is 2.19. The SMILES string of the molecule is Cc1cccc(C)c1NC(=O)CN1CCN(C(=O)COC(=O)c2cccc(F)c2)CC1. The summed E-state index contributed by atoms with van der Waals surface area (Å²) in [5.74, 6) is -1.70. The molecule has 1 aliphatic rings. The van der Waals surface area contributed by atoms with E-state index in [4.69, 9.17) is 4.74 Å².